The van der Waals surface area contributed by atoms with E-state index in [-0.39, 0.29) is 18.0 Å². The van der Waals surface area contributed by atoms with Crippen LogP contribution in [0.3, 0.4) is 0 Å². The van der Waals surface area contributed by atoms with Crippen LogP contribution in [0.1, 0.15) is 37.0 Å². The Morgan fingerprint density at radius 3 is 2.50 bits per heavy atom. The molecule has 1 aliphatic rings. The minimum Gasteiger partial charge on any atom is -0.497 e. The maximum absolute atomic E-state index is 12.3. The number of urea groups is 1. The topological polar surface area (TPSA) is 61.9 Å². The largest absolute Gasteiger partial charge is 0.497 e. The van der Waals surface area contributed by atoms with E-state index in [1.807, 2.05) is 29.7 Å². The predicted octanol–water partition coefficient (Wildman–Crippen LogP) is 2.35. The highest BCUT2D eigenvalue weighted by Gasteiger charge is 2.26. The first kappa shape index (κ1) is 18.1. The number of carbonyl (C=O) groups is 2. The molecule has 0 aliphatic carbocycles. The third kappa shape index (κ3) is 4.40. The molecular formula is C18H27N3O3. The molecule has 2 rings (SSSR count). The number of benzene rings is 1. The van der Waals surface area contributed by atoms with Crippen LogP contribution in [0.4, 0.5) is 4.79 Å². The van der Waals surface area contributed by atoms with Crippen LogP contribution in [0.2, 0.25) is 0 Å². The summed E-state index contributed by atoms with van der Waals surface area (Å²) in [5.74, 6) is 0.574. The van der Waals surface area contributed by atoms with Gasteiger partial charge in [0.2, 0.25) is 0 Å². The number of ether oxygens (including phenoxy) is 1. The summed E-state index contributed by atoms with van der Waals surface area (Å²) in [6.45, 7) is 6.78. The number of nitrogens with zero attached hydrogens (tertiary/aromatic N) is 2. The van der Waals surface area contributed by atoms with E-state index in [0.29, 0.717) is 24.4 Å². The standard InChI is InChI=1S/C18H27N3O3/c1-4-20(5-2)18(23)21-11-9-15(10-12-21)19-17(22)14-7-6-8-16(13-14)24-3/h6-8,13,15H,4-5,9-12H2,1-3H3,(H,19,22). The molecule has 1 aromatic carbocycles. The number of methoxy groups -OCH3 is 1. The summed E-state index contributed by atoms with van der Waals surface area (Å²) in [4.78, 5) is 28.4. The quantitative estimate of drug-likeness (QED) is 0.900. The zero-order chi connectivity index (χ0) is 17.5. The van der Waals surface area contributed by atoms with Crippen molar-refractivity contribution in [2.24, 2.45) is 0 Å². The van der Waals surface area contributed by atoms with Crippen molar-refractivity contribution in [2.45, 2.75) is 32.7 Å². The van der Waals surface area contributed by atoms with Gasteiger partial charge in [0, 0.05) is 37.8 Å². The third-order valence-corrected chi connectivity index (χ3v) is 4.47. The molecule has 3 amide bonds. The lowest BCUT2D eigenvalue weighted by molar-refractivity contribution is 0.0911. The first-order chi connectivity index (χ1) is 11.6. The van der Waals surface area contributed by atoms with Crippen LogP contribution < -0.4 is 10.1 Å². The summed E-state index contributed by atoms with van der Waals surface area (Å²) in [6.07, 6.45) is 1.56. The average Bonchev–Trinajstić information content (AvgIpc) is 2.63. The first-order valence-corrected chi connectivity index (χ1v) is 8.57. The maximum Gasteiger partial charge on any atom is 0.319 e. The van der Waals surface area contributed by atoms with Crippen molar-refractivity contribution in [1.82, 2.24) is 15.1 Å². The molecule has 0 aromatic heterocycles. The summed E-state index contributed by atoms with van der Waals surface area (Å²) < 4.78 is 5.15. The number of piperidine rings is 1. The number of likely N-dealkylation sites (tertiary alicyclic amines) is 1. The summed E-state index contributed by atoms with van der Waals surface area (Å²) in [6, 6.07) is 7.32. The van der Waals surface area contributed by atoms with Crippen molar-refractivity contribution in [3.05, 3.63) is 29.8 Å². The minimum absolute atomic E-state index is 0.0950. The number of hydrogen-bond acceptors (Lipinski definition) is 3. The number of hydrogen-bond donors (Lipinski definition) is 1. The van der Waals surface area contributed by atoms with Gasteiger partial charge < -0.3 is 19.9 Å². The molecule has 0 unspecified atom stereocenters. The summed E-state index contributed by atoms with van der Waals surface area (Å²) in [7, 11) is 1.58. The molecule has 1 heterocycles. The molecule has 0 spiro atoms. The molecule has 6 nitrogen and oxygen atoms in total. The van der Waals surface area contributed by atoms with Crippen molar-refractivity contribution in [2.75, 3.05) is 33.3 Å². The highest BCUT2D eigenvalue weighted by Crippen LogP contribution is 2.15. The third-order valence-electron chi connectivity index (χ3n) is 4.47. The van der Waals surface area contributed by atoms with E-state index in [9.17, 15) is 9.59 Å². The van der Waals surface area contributed by atoms with Gasteiger partial charge in [-0.2, -0.15) is 0 Å². The van der Waals surface area contributed by atoms with Crippen LogP contribution in [-0.4, -0.2) is 61.1 Å². The van der Waals surface area contributed by atoms with Crippen LogP contribution in [0, 0.1) is 0 Å². The summed E-state index contributed by atoms with van der Waals surface area (Å²) in [5.41, 5.74) is 0.594. The predicted molar refractivity (Wildman–Crippen MR) is 93.4 cm³/mol. The van der Waals surface area contributed by atoms with Crippen molar-refractivity contribution in [3.8, 4) is 5.75 Å². The Morgan fingerprint density at radius 2 is 1.92 bits per heavy atom. The second kappa shape index (κ2) is 8.57. The first-order valence-electron chi connectivity index (χ1n) is 8.57. The molecule has 0 bridgehead atoms. The maximum atomic E-state index is 12.3. The van der Waals surface area contributed by atoms with Gasteiger partial charge in [-0.15, -0.1) is 0 Å². The fourth-order valence-electron chi connectivity index (χ4n) is 2.94. The second-order valence-corrected chi connectivity index (χ2v) is 5.92. The van der Waals surface area contributed by atoms with Crippen LogP contribution in [0.25, 0.3) is 0 Å². The van der Waals surface area contributed by atoms with E-state index in [1.165, 1.54) is 0 Å². The fraction of sp³-hybridized carbons (Fsp3) is 0.556. The Labute approximate surface area is 143 Å². The van der Waals surface area contributed by atoms with Gasteiger partial charge in [0.05, 0.1) is 7.11 Å². The van der Waals surface area contributed by atoms with E-state index >= 15 is 0 Å². The Balaban J connectivity index is 1.86. The Bertz CT molecular complexity index is 564. The SMILES string of the molecule is CCN(CC)C(=O)N1CCC(NC(=O)c2cccc(OC)c2)CC1. The van der Waals surface area contributed by atoms with Gasteiger partial charge in [0.15, 0.2) is 0 Å². The van der Waals surface area contributed by atoms with E-state index in [2.05, 4.69) is 5.32 Å². The van der Waals surface area contributed by atoms with Gasteiger partial charge in [0.25, 0.3) is 5.91 Å². The highest BCUT2D eigenvalue weighted by atomic mass is 16.5. The zero-order valence-corrected chi connectivity index (χ0v) is 14.7. The molecule has 0 radical (unpaired) electrons. The van der Waals surface area contributed by atoms with Crippen LogP contribution >= 0.6 is 0 Å². The highest BCUT2D eigenvalue weighted by molar-refractivity contribution is 5.94. The Hall–Kier alpha value is -2.24. The van der Waals surface area contributed by atoms with Crippen LogP contribution in [0.15, 0.2) is 24.3 Å². The molecule has 132 valence electrons. The average molecular weight is 333 g/mol. The van der Waals surface area contributed by atoms with E-state index in [4.69, 9.17) is 4.74 Å². The number of nitrogens with one attached hydrogen (secondary N) is 1. The van der Waals surface area contributed by atoms with Crippen LogP contribution in [0.5, 0.6) is 5.75 Å². The van der Waals surface area contributed by atoms with E-state index < -0.39 is 0 Å². The molecule has 0 saturated carbocycles. The number of rotatable bonds is 5. The number of amides is 3. The van der Waals surface area contributed by atoms with E-state index in [0.717, 1.165) is 25.9 Å². The monoisotopic (exact) mass is 333 g/mol. The van der Waals surface area contributed by atoms with Crippen molar-refractivity contribution < 1.29 is 14.3 Å². The second-order valence-electron chi connectivity index (χ2n) is 5.92. The summed E-state index contributed by atoms with van der Waals surface area (Å²) in [5, 5.41) is 3.06. The minimum atomic E-state index is -0.0950. The van der Waals surface area contributed by atoms with Gasteiger partial charge in [-0.25, -0.2) is 4.79 Å². The van der Waals surface area contributed by atoms with Crippen molar-refractivity contribution in [1.29, 1.82) is 0 Å². The molecule has 0 atom stereocenters. The molecule has 1 N–H and O–H groups in total. The molecular weight excluding hydrogens is 306 g/mol. The molecule has 1 saturated heterocycles. The van der Waals surface area contributed by atoms with Crippen LogP contribution in [-0.2, 0) is 0 Å². The Morgan fingerprint density at radius 1 is 1.25 bits per heavy atom. The Kier molecular flexibility index (Phi) is 6.46. The fourth-order valence-corrected chi connectivity index (χ4v) is 2.94. The molecule has 1 aliphatic heterocycles. The molecule has 1 aromatic rings. The van der Waals surface area contributed by atoms with Gasteiger partial charge in [0.1, 0.15) is 5.75 Å². The molecule has 24 heavy (non-hydrogen) atoms. The van der Waals surface area contributed by atoms with Gasteiger partial charge in [-0.05, 0) is 44.9 Å². The number of carbonyl (C=O) groups excluding carboxylic acids is 2. The van der Waals surface area contributed by atoms with Gasteiger partial charge >= 0.3 is 6.03 Å². The lowest BCUT2D eigenvalue weighted by Crippen LogP contribution is -2.50. The molecule has 6 heteroatoms. The summed E-state index contributed by atoms with van der Waals surface area (Å²) >= 11 is 0. The van der Waals surface area contributed by atoms with Crippen molar-refractivity contribution >= 4 is 11.9 Å². The lowest BCUT2D eigenvalue weighted by Gasteiger charge is -2.35. The van der Waals surface area contributed by atoms with Gasteiger partial charge in [-0.3, -0.25) is 4.79 Å². The zero-order valence-electron chi connectivity index (χ0n) is 14.7. The van der Waals surface area contributed by atoms with E-state index in [1.54, 1.807) is 25.3 Å². The normalized spacial score (nSPS) is 15.0. The van der Waals surface area contributed by atoms with Gasteiger partial charge in [-0.1, -0.05) is 6.07 Å². The van der Waals surface area contributed by atoms with Crippen molar-refractivity contribution in [3.63, 3.8) is 0 Å². The molecule has 1 fully saturated rings. The lowest BCUT2D eigenvalue weighted by atomic mass is 10.0. The smallest absolute Gasteiger partial charge is 0.319 e.